The Labute approximate surface area is 120 Å². The van der Waals surface area contributed by atoms with Gasteiger partial charge in [-0.05, 0) is 20.8 Å². The van der Waals surface area contributed by atoms with Crippen LogP contribution in [0.3, 0.4) is 0 Å². The molecule has 0 aliphatic carbocycles. The highest BCUT2D eigenvalue weighted by molar-refractivity contribution is 6.04. The Balaban J connectivity index is 2.29. The number of hydrogen-bond acceptors (Lipinski definition) is 6. The van der Waals surface area contributed by atoms with Gasteiger partial charge in [-0.2, -0.15) is 0 Å². The first-order chi connectivity index (χ1) is 9.69. The molecule has 0 N–H and O–H groups in total. The highest BCUT2D eigenvalue weighted by atomic mass is 16.6. The molecule has 0 radical (unpaired) electrons. The van der Waals surface area contributed by atoms with E-state index in [1.807, 2.05) is 0 Å². The summed E-state index contributed by atoms with van der Waals surface area (Å²) in [5.41, 5.74) is -0.488. The maximum absolute atomic E-state index is 12.3. The summed E-state index contributed by atoms with van der Waals surface area (Å²) in [6.07, 6.45) is 0.692. The first-order valence-corrected chi connectivity index (χ1v) is 6.37. The number of pyridine rings is 1. The van der Waals surface area contributed by atoms with Crippen molar-refractivity contribution in [2.45, 2.75) is 32.8 Å². The van der Waals surface area contributed by atoms with Crippen molar-refractivity contribution >= 4 is 17.7 Å². The highest BCUT2D eigenvalue weighted by Gasteiger charge is 2.34. The molecule has 1 aliphatic rings. The number of ether oxygens (including phenoxy) is 1. The van der Waals surface area contributed by atoms with Crippen molar-refractivity contribution in [3.63, 3.8) is 0 Å². The third kappa shape index (κ3) is 3.15. The monoisotopic (exact) mass is 293 g/mol. The van der Waals surface area contributed by atoms with Crippen molar-refractivity contribution in [2.24, 2.45) is 0 Å². The van der Waals surface area contributed by atoms with Gasteiger partial charge in [0.2, 0.25) is 0 Å². The van der Waals surface area contributed by atoms with Crippen LogP contribution in [0.2, 0.25) is 0 Å². The molecule has 2 heterocycles. The van der Waals surface area contributed by atoms with E-state index >= 15 is 0 Å². The van der Waals surface area contributed by atoms with Crippen LogP contribution in [0.25, 0.3) is 0 Å². The number of nitrogens with zero attached hydrogens (tertiary/aromatic N) is 3. The summed E-state index contributed by atoms with van der Waals surface area (Å²) in [6, 6.07) is 1.14. The third-order valence-corrected chi connectivity index (χ3v) is 2.83. The molecule has 1 aromatic rings. The van der Waals surface area contributed by atoms with Gasteiger partial charge in [0.25, 0.3) is 11.6 Å². The molecule has 21 heavy (non-hydrogen) atoms. The second kappa shape index (κ2) is 5.12. The van der Waals surface area contributed by atoms with Gasteiger partial charge in [-0.15, -0.1) is 0 Å². The topological polar surface area (TPSA) is 103 Å². The van der Waals surface area contributed by atoms with Crippen LogP contribution in [0.5, 0.6) is 0 Å². The van der Waals surface area contributed by atoms with E-state index in [4.69, 9.17) is 4.74 Å². The number of aromatic nitrogens is 1. The molecular weight excluding hydrogens is 278 g/mol. The fraction of sp³-hybridized carbons (Fsp3) is 0.462. The molecule has 2 amide bonds. The standard InChI is InChI=1S/C13H15N3O5/c1-13(2,3)21-12(18)15-5-4-10-9(11(15)17)6-8(7-14-10)16(19)20/h6-7H,4-5H2,1-3H3. The van der Waals surface area contributed by atoms with Crippen molar-refractivity contribution < 1.29 is 19.2 Å². The van der Waals surface area contributed by atoms with E-state index in [-0.39, 0.29) is 17.8 Å². The summed E-state index contributed by atoms with van der Waals surface area (Å²) in [5.74, 6) is -0.623. The molecule has 2 rings (SSSR count). The SMILES string of the molecule is CC(C)(C)OC(=O)N1CCc2ncc([N+](=O)[O-])cc2C1=O. The number of carbonyl (C=O) groups excluding carboxylic acids is 2. The zero-order valence-corrected chi connectivity index (χ0v) is 12.0. The normalized spacial score (nSPS) is 14.6. The van der Waals surface area contributed by atoms with E-state index in [1.54, 1.807) is 20.8 Å². The van der Waals surface area contributed by atoms with Crippen LogP contribution in [0.4, 0.5) is 10.5 Å². The Morgan fingerprint density at radius 2 is 2.14 bits per heavy atom. The number of hydrogen-bond donors (Lipinski definition) is 0. The molecule has 0 saturated carbocycles. The maximum atomic E-state index is 12.3. The lowest BCUT2D eigenvalue weighted by Gasteiger charge is -2.29. The lowest BCUT2D eigenvalue weighted by Crippen LogP contribution is -2.44. The zero-order valence-electron chi connectivity index (χ0n) is 12.0. The van der Waals surface area contributed by atoms with E-state index in [0.717, 1.165) is 17.2 Å². The van der Waals surface area contributed by atoms with E-state index in [9.17, 15) is 19.7 Å². The second-order valence-electron chi connectivity index (χ2n) is 5.63. The fourth-order valence-corrected chi connectivity index (χ4v) is 1.92. The van der Waals surface area contributed by atoms with E-state index in [0.29, 0.717) is 12.1 Å². The summed E-state index contributed by atoms with van der Waals surface area (Å²) in [6.45, 7) is 5.23. The number of fused-ring (bicyclic) bond motifs is 1. The maximum Gasteiger partial charge on any atom is 0.417 e. The van der Waals surface area contributed by atoms with Crippen molar-refractivity contribution in [3.8, 4) is 0 Å². The lowest BCUT2D eigenvalue weighted by atomic mass is 10.0. The van der Waals surface area contributed by atoms with Gasteiger partial charge >= 0.3 is 6.09 Å². The summed E-state index contributed by atoms with van der Waals surface area (Å²) in [4.78, 5) is 39.2. The molecule has 0 fully saturated rings. The van der Waals surface area contributed by atoms with Gasteiger partial charge in [-0.25, -0.2) is 9.69 Å². The lowest BCUT2D eigenvalue weighted by molar-refractivity contribution is -0.385. The fourth-order valence-electron chi connectivity index (χ4n) is 1.92. The molecule has 112 valence electrons. The van der Waals surface area contributed by atoms with Crippen LogP contribution in [-0.2, 0) is 11.2 Å². The molecule has 8 heteroatoms. The van der Waals surface area contributed by atoms with Gasteiger partial charge < -0.3 is 4.74 Å². The Hall–Kier alpha value is -2.51. The number of amides is 2. The first-order valence-electron chi connectivity index (χ1n) is 6.37. The van der Waals surface area contributed by atoms with Gasteiger partial charge in [0.1, 0.15) is 11.8 Å². The highest BCUT2D eigenvalue weighted by Crippen LogP contribution is 2.23. The van der Waals surface area contributed by atoms with E-state index in [1.165, 1.54) is 0 Å². The Kier molecular flexibility index (Phi) is 3.63. The molecule has 0 bridgehead atoms. The minimum Gasteiger partial charge on any atom is -0.443 e. The van der Waals surface area contributed by atoms with Gasteiger partial charge in [-0.1, -0.05) is 0 Å². The third-order valence-electron chi connectivity index (χ3n) is 2.83. The number of carbonyl (C=O) groups is 2. The molecule has 1 aliphatic heterocycles. The average molecular weight is 293 g/mol. The summed E-state index contributed by atoms with van der Waals surface area (Å²) < 4.78 is 5.15. The van der Waals surface area contributed by atoms with Crippen LogP contribution in [0.1, 0.15) is 36.8 Å². The number of nitro groups is 1. The molecule has 1 aromatic heterocycles. The van der Waals surface area contributed by atoms with Crippen LogP contribution in [-0.4, -0.2) is 39.0 Å². The molecule has 0 unspecified atom stereocenters. The van der Waals surface area contributed by atoms with Crippen LogP contribution in [0, 0.1) is 10.1 Å². The summed E-state index contributed by atoms with van der Waals surface area (Å²) in [7, 11) is 0. The summed E-state index contributed by atoms with van der Waals surface area (Å²) in [5, 5.41) is 10.7. The molecule has 0 atom stereocenters. The van der Waals surface area contributed by atoms with Crippen molar-refractivity contribution in [1.29, 1.82) is 0 Å². The van der Waals surface area contributed by atoms with E-state index in [2.05, 4.69) is 4.98 Å². The van der Waals surface area contributed by atoms with Gasteiger partial charge in [0, 0.05) is 19.0 Å². The Bertz CT molecular complexity index is 621. The molecule has 8 nitrogen and oxygen atoms in total. The van der Waals surface area contributed by atoms with Gasteiger partial charge in [-0.3, -0.25) is 19.9 Å². The molecule has 0 aromatic carbocycles. The average Bonchev–Trinajstić information content (AvgIpc) is 2.36. The predicted molar refractivity (Wildman–Crippen MR) is 71.9 cm³/mol. The number of imide groups is 1. The Morgan fingerprint density at radius 3 is 2.71 bits per heavy atom. The minimum absolute atomic E-state index is 0.0707. The minimum atomic E-state index is -0.760. The van der Waals surface area contributed by atoms with Crippen molar-refractivity contribution in [3.05, 3.63) is 33.6 Å². The van der Waals surface area contributed by atoms with Crippen molar-refractivity contribution in [1.82, 2.24) is 9.88 Å². The Morgan fingerprint density at radius 1 is 1.48 bits per heavy atom. The second-order valence-corrected chi connectivity index (χ2v) is 5.63. The van der Waals surface area contributed by atoms with Gasteiger partial charge in [0.15, 0.2) is 0 Å². The summed E-state index contributed by atoms with van der Waals surface area (Å²) >= 11 is 0. The van der Waals surface area contributed by atoms with Crippen LogP contribution < -0.4 is 0 Å². The zero-order chi connectivity index (χ0) is 15.8. The van der Waals surface area contributed by atoms with E-state index < -0.39 is 22.5 Å². The van der Waals surface area contributed by atoms with Gasteiger partial charge in [0.05, 0.1) is 16.2 Å². The van der Waals surface area contributed by atoms with Crippen molar-refractivity contribution in [2.75, 3.05) is 6.54 Å². The van der Waals surface area contributed by atoms with Crippen LogP contribution >= 0.6 is 0 Å². The van der Waals surface area contributed by atoms with Crippen LogP contribution in [0.15, 0.2) is 12.3 Å². The smallest absolute Gasteiger partial charge is 0.417 e. The molecule has 0 saturated heterocycles. The molecular formula is C13H15N3O5. The number of rotatable bonds is 1. The first kappa shape index (κ1) is 14.9. The predicted octanol–water partition coefficient (Wildman–Crippen LogP) is 1.92. The quantitative estimate of drug-likeness (QED) is 0.579. The largest absolute Gasteiger partial charge is 0.443 e. The molecule has 0 spiro atoms.